The molecule has 1 aliphatic rings. The second-order valence-corrected chi connectivity index (χ2v) is 8.11. The zero-order valence-electron chi connectivity index (χ0n) is 18.2. The Bertz CT molecular complexity index is 1190. The van der Waals surface area contributed by atoms with Gasteiger partial charge in [-0.3, -0.25) is 4.79 Å². The van der Waals surface area contributed by atoms with Gasteiger partial charge >= 0.3 is 0 Å². The molecule has 0 bridgehead atoms. The van der Waals surface area contributed by atoms with Gasteiger partial charge in [-0.2, -0.15) is 5.10 Å². The van der Waals surface area contributed by atoms with Gasteiger partial charge in [0.25, 0.3) is 5.91 Å². The molecule has 1 amide bonds. The van der Waals surface area contributed by atoms with E-state index in [0.29, 0.717) is 5.56 Å². The van der Waals surface area contributed by atoms with E-state index in [1.807, 2.05) is 65.0 Å². The number of benzene rings is 3. The highest BCUT2D eigenvalue weighted by molar-refractivity contribution is 5.94. The second-order valence-electron chi connectivity index (χ2n) is 8.11. The predicted octanol–water partition coefficient (Wildman–Crippen LogP) is 4.81. The SMILES string of the molecule is Cc1cc(-c2ccccc2)n(-c2ccc(C(=O)N3CCN(c4ccccc4)CC3)cc2)n1. The third kappa shape index (κ3) is 4.02. The molecule has 0 radical (unpaired) electrons. The molecule has 0 N–H and O–H groups in total. The lowest BCUT2D eigenvalue weighted by molar-refractivity contribution is 0.0747. The maximum Gasteiger partial charge on any atom is 0.253 e. The average molecular weight is 423 g/mol. The van der Waals surface area contributed by atoms with E-state index >= 15 is 0 Å². The molecule has 0 saturated carbocycles. The first kappa shape index (κ1) is 20.1. The van der Waals surface area contributed by atoms with E-state index in [4.69, 9.17) is 0 Å². The van der Waals surface area contributed by atoms with Crippen LogP contribution in [0.5, 0.6) is 0 Å². The largest absolute Gasteiger partial charge is 0.368 e. The molecule has 1 aliphatic heterocycles. The van der Waals surface area contributed by atoms with Crippen molar-refractivity contribution < 1.29 is 4.79 Å². The normalized spacial score (nSPS) is 13.9. The molecule has 0 atom stereocenters. The third-order valence-electron chi connectivity index (χ3n) is 5.95. The van der Waals surface area contributed by atoms with Crippen LogP contribution in [0.4, 0.5) is 5.69 Å². The van der Waals surface area contributed by atoms with Crippen LogP contribution in [0, 0.1) is 6.92 Å². The van der Waals surface area contributed by atoms with Crippen molar-refractivity contribution in [1.82, 2.24) is 14.7 Å². The molecule has 1 saturated heterocycles. The molecule has 160 valence electrons. The number of para-hydroxylation sites is 1. The summed E-state index contributed by atoms with van der Waals surface area (Å²) >= 11 is 0. The van der Waals surface area contributed by atoms with E-state index in [-0.39, 0.29) is 5.91 Å². The molecule has 0 aliphatic carbocycles. The molecule has 3 aromatic carbocycles. The Balaban J connectivity index is 1.30. The summed E-state index contributed by atoms with van der Waals surface area (Å²) in [4.78, 5) is 17.3. The Labute approximate surface area is 188 Å². The molecule has 32 heavy (non-hydrogen) atoms. The summed E-state index contributed by atoms with van der Waals surface area (Å²) in [6.07, 6.45) is 0. The summed E-state index contributed by atoms with van der Waals surface area (Å²) in [6, 6.07) is 30.5. The maximum absolute atomic E-state index is 13.1. The van der Waals surface area contributed by atoms with Crippen LogP contribution in [0.2, 0.25) is 0 Å². The molecule has 2 heterocycles. The van der Waals surface area contributed by atoms with Gasteiger partial charge in [-0.25, -0.2) is 4.68 Å². The summed E-state index contributed by atoms with van der Waals surface area (Å²) in [7, 11) is 0. The van der Waals surface area contributed by atoms with Crippen molar-refractivity contribution in [3.8, 4) is 16.9 Å². The number of carbonyl (C=O) groups excluding carboxylic acids is 1. The van der Waals surface area contributed by atoms with Crippen LogP contribution >= 0.6 is 0 Å². The Kier molecular flexibility index (Phi) is 5.46. The number of hydrogen-bond donors (Lipinski definition) is 0. The van der Waals surface area contributed by atoms with Crippen LogP contribution in [-0.2, 0) is 0 Å². The summed E-state index contributed by atoms with van der Waals surface area (Å²) < 4.78 is 1.94. The van der Waals surface area contributed by atoms with E-state index < -0.39 is 0 Å². The Morgan fingerprint density at radius 2 is 1.38 bits per heavy atom. The van der Waals surface area contributed by atoms with Gasteiger partial charge in [0.15, 0.2) is 0 Å². The number of aryl methyl sites for hydroxylation is 1. The highest BCUT2D eigenvalue weighted by atomic mass is 16.2. The summed E-state index contributed by atoms with van der Waals surface area (Å²) in [5.41, 5.74) is 5.99. The number of hydrogen-bond acceptors (Lipinski definition) is 3. The van der Waals surface area contributed by atoms with E-state index in [0.717, 1.165) is 48.8 Å². The van der Waals surface area contributed by atoms with Crippen LogP contribution in [0.25, 0.3) is 16.9 Å². The first-order valence-electron chi connectivity index (χ1n) is 11.0. The molecular formula is C27H26N4O. The zero-order chi connectivity index (χ0) is 21.9. The molecule has 5 rings (SSSR count). The number of anilines is 1. The maximum atomic E-state index is 13.1. The van der Waals surface area contributed by atoms with Crippen molar-refractivity contribution in [2.24, 2.45) is 0 Å². The average Bonchev–Trinajstić information content (AvgIpc) is 3.26. The number of rotatable bonds is 4. The first-order valence-corrected chi connectivity index (χ1v) is 11.0. The van der Waals surface area contributed by atoms with E-state index in [1.165, 1.54) is 5.69 Å². The van der Waals surface area contributed by atoms with Crippen molar-refractivity contribution in [1.29, 1.82) is 0 Å². The van der Waals surface area contributed by atoms with Crippen LogP contribution in [0.15, 0.2) is 91.0 Å². The number of carbonyl (C=O) groups is 1. The van der Waals surface area contributed by atoms with Gasteiger partial charge in [0, 0.05) is 43.0 Å². The van der Waals surface area contributed by atoms with Crippen LogP contribution in [0.3, 0.4) is 0 Å². The van der Waals surface area contributed by atoms with E-state index in [2.05, 4.69) is 52.5 Å². The minimum absolute atomic E-state index is 0.0872. The Morgan fingerprint density at radius 1 is 0.750 bits per heavy atom. The van der Waals surface area contributed by atoms with Gasteiger partial charge in [0.2, 0.25) is 0 Å². The lowest BCUT2D eigenvalue weighted by atomic mass is 10.1. The van der Waals surface area contributed by atoms with Crippen molar-refractivity contribution in [3.05, 3.63) is 102 Å². The van der Waals surface area contributed by atoms with Crippen LogP contribution in [-0.4, -0.2) is 46.8 Å². The minimum atomic E-state index is 0.0872. The van der Waals surface area contributed by atoms with Gasteiger partial charge in [-0.15, -0.1) is 0 Å². The Hall–Kier alpha value is -3.86. The van der Waals surface area contributed by atoms with Crippen LogP contribution < -0.4 is 4.90 Å². The van der Waals surface area contributed by atoms with Crippen molar-refractivity contribution in [3.63, 3.8) is 0 Å². The number of aromatic nitrogens is 2. The lowest BCUT2D eigenvalue weighted by Gasteiger charge is -2.36. The summed E-state index contributed by atoms with van der Waals surface area (Å²) in [5.74, 6) is 0.0872. The molecule has 5 heteroatoms. The van der Waals surface area contributed by atoms with E-state index in [9.17, 15) is 4.79 Å². The lowest BCUT2D eigenvalue weighted by Crippen LogP contribution is -2.48. The van der Waals surface area contributed by atoms with E-state index in [1.54, 1.807) is 0 Å². The standard InChI is InChI=1S/C27H26N4O/c1-21-20-26(22-8-4-2-5-9-22)31(28-21)25-14-12-23(13-15-25)27(32)30-18-16-29(17-19-30)24-10-6-3-7-11-24/h2-15,20H,16-19H2,1H3. The van der Waals surface area contributed by atoms with Gasteiger partial charge in [-0.05, 0) is 49.4 Å². The van der Waals surface area contributed by atoms with Gasteiger partial charge in [-0.1, -0.05) is 48.5 Å². The van der Waals surface area contributed by atoms with Crippen LogP contribution in [0.1, 0.15) is 16.1 Å². The molecule has 0 spiro atoms. The van der Waals surface area contributed by atoms with Crippen molar-refractivity contribution in [2.45, 2.75) is 6.92 Å². The second kappa shape index (κ2) is 8.71. The highest BCUT2D eigenvalue weighted by Crippen LogP contribution is 2.24. The number of nitrogens with zero attached hydrogens (tertiary/aromatic N) is 4. The Morgan fingerprint density at radius 3 is 2.03 bits per heavy atom. The molecule has 0 unspecified atom stereocenters. The third-order valence-corrected chi connectivity index (χ3v) is 5.95. The summed E-state index contributed by atoms with van der Waals surface area (Å²) in [5, 5.41) is 4.67. The number of amides is 1. The van der Waals surface area contributed by atoms with Gasteiger partial charge < -0.3 is 9.80 Å². The fourth-order valence-corrected chi connectivity index (χ4v) is 4.25. The molecule has 4 aromatic rings. The zero-order valence-corrected chi connectivity index (χ0v) is 18.2. The number of piperazine rings is 1. The quantitative estimate of drug-likeness (QED) is 0.474. The molecule has 1 aromatic heterocycles. The van der Waals surface area contributed by atoms with Crippen molar-refractivity contribution >= 4 is 11.6 Å². The molecule has 5 nitrogen and oxygen atoms in total. The highest BCUT2D eigenvalue weighted by Gasteiger charge is 2.22. The smallest absolute Gasteiger partial charge is 0.253 e. The molecule has 1 fully saturated rings. The fourth-order valence-electron chi connectivity index (χ4n) is 4.25. The fraction of sp³-hybridized carbons (Fsp3) is 0.185. The van der Waals surface area contributed by atoms with Gasteiger partial charge in [0.1, 0.15) is 0 Å². The predicted molar refractivity (Wildman–Crippen MR) is 128 cm³/mol. The summed E-state index contributed by atoms with van der Waals surface area (Å²) in [6.45, 7) is 5.15. The first-order chi connectivity index (χ1) is 15.7. The minimum Gasteiger partial charge on any atom is -0.368 e. The monoisotopic (exact) mass is 422 g/mol. The topological polar surface area (TPSA) is 41.4 Å². The van der Waals surface area contributed by atoms with Gasteiger partial charge in [0.05, 0.1) is 17.1 Å². The van der Waals surface area contributed by atoms with Crippen molar-refractivity contribution in [2.75, 3.05) is 31.1 Å². The molecular weight excluding hydrogens is 396 g/mol.